The van der Waals surface area contributed by atoms with Crippen molar-refractivity contribution < 1.29 is 0 Å². The summed E-state index contributed by atoms with van der Waals surface area (Å²) < 4.78 is 0. The van der Waals surface area contributed by atoms with Gasteiger partial charge in [-0.05, 0) is 41.2 Å². The molecule has 0 fully saturated rings. The normalized spacial score (nSPS) is 10.7. The standard InChI is InChI=1S/C18H23N/c1-4-15-6-5-7-18(12-15)19-13-16-8-10-17(11-9-16)14(2)3/h5-12,14,19H,4,13H2,1-3H3. The van der Waals surface area contributed by atoms with Crippen LogP contribution in [0.4, 0.5) is 5.69 Å². The van der Waals surface area contributed by atoms with E-state index in [0.717, 1.165) is 13.0 Å². The van der Waals surface area contributed by atoms with Gasteiger partial charge >= 0.3 is 0 Å². The lowest BCUT2D eigenvalue weighted by atomic mass is 10.0. The summed E-state index contributed by atoms with van der Waals surface area (Å²) in [5.41, 5.74) is 5.30. The predicted octanol–water partition coefficient (Wildman–Crippen LogP) is 4.98. The largest absolute Gasteiger partial charge is 0.381 e. The van der Waals surface area contributed by atoms with Crippen LogP contribution in [0.2, 0.25) is 0 Å². The molecule has 0 aromatic heterocycles. The second-order valence-corrected chi connectivity index (χ2v) is 5.30. The zero-order valence-corrected chi connectivity index (χ0v) is 12.1. The van der Waals surface area contributed by atoms with Crippen molar-refractivity contribution in [3.63, 3.8) is 0 Å². The Labute approximate surface area is 116 Å². The molecule has 1 heteroatoms. The minimum Gasteiger partial charge on any atom is -0.381 e. The fraction of sp³-hybridized carbons (Fsp3) is 0.333. The van der Waals surface area contributed by atoms with Crippen LogP contribution < -0.4 is 5.32 Å². The third kappa shape index (κ3) is 3.85. The fourth-order valence-electron chi connectivity index (χ4n) is 2.13. The van der Waals surface area contributed by atoms with Crippen molar-refractivity contribution in [3.05, 3.63) is 65.2 Å². The molecule has 2 aromatic carbocycles. The Balaban J connectivity index is 1.98. The van der Waals surface area contributed by atoms with Crippen LogP contribution in [0.3, 0.4) is 0 Å². The molecule has 0 atom stereocenters. The number of anilines is 1. The van der Waals surface area contributed by atoms with Gasteiger partial charge in [-0.1, -0.05) is 57.2 Å². The summed E-state index contributed by atoms with van der Waals surface area (Å²) in [5, 5.41) is 3.48. The SMILES string of the molecule is CCc1cccc(NCc2ccc(C(C)C)cc2)c1. The summed E-state index contributed by atoms with van der Waals surface area (Å²) in [5.74, 6) is 0.600. The van der Waals surface area contributed by atoms with Crippen LogP contribution in [0.15, 0.2) is 48.5 Å². The molecule has 0 amide bonds. The molecule has 0 aliphatic carbocycles. The Hall–Kier alpha value is -1.76. The second kappa shape index (κ2) is 6.42. The maximum atomic E-state index is 3.48. The van der Waals surface area contributed by atoms with Gasteiger partial charge in [0.05, 0.1) is 0 Å². The van der Waals surface area contributed by atoms with Crippen molar-refractivity contribution in [2.24, 2.45) is 0 Å². The van der Waals surface area contributed by atoms with Crippen LogP contribution in [-0.4, -0.2) is 0 Å². The molecule has 0 radical (unpaired) electrons. The predicted molar refractivity (Wildman–Crippen MR) is 83.7 cm³/mol. The van der Waals surface area contributed by atoms with Gasteiger partial charge in [0.15, 0.2) is 0 Å². The van der Waals surface area contributed by atoms with Crippen LogP contribution in [0.1, 0.15) is 43.4 Å². The molecule has 0 saturated heterocycles. The molecule has 0 bridgehead atoms. The average molecular weight is 253 g/mol. The van der Waals surface area contributed by atoms with Crippen molar-refractivity contribution in [1.82, 2.24) is 0 Å². The maximum absolute atomic E-state index is 3.48. The van der Waals surface area contributed by atoms with E-state index in [1.807, 2.05) is 0 Å². The smallest absolute Gasteiger partial charge is 0.0400 e. The van der Waals surface area contributed by atoms with Crippen LogP contribution in [-0.2, 0) is 13.0 Å². The van der Waals surface area contributed by atoms with Crippen LogP contribution in [0, 0.1) is 0 Å². The Bertz CT molecular complexity index is 511. The molecule has 0 spiro atoms. The van der Waals surface area contributed by atoms with Crippen molar-refractivity contribution in [2.75, 3.05) is 5.32 Å². The van der Waals surface area contributed by atoms with Gasteiger partial charge in [0.2, 0.25) is 0 Å². The molecular weight excluding hydrogens is 230 g/mol. The lowest BCUT2D eigenvalue weighted by molar-refractivity contribution is 0.865. The first-order valence-electron chi connectivity index (χ1n) is 7.10. The van der Waals surface area contributed by atoms with Gasteiger partial charge in [-0.2, -0.15) is 0 Å². The van der Waals surface area contributed by atoms with Gasteiger partial charge < -0.3 is 5.32 Å². The minimum atomic E-state index is 0.600. The summed E-state index contributed by atoms with van der Waals surface area (Å²) in [7, 11) is 0. The van der Waals surface area contributed by atoms with E-state index >= 15 is 0 Å². The second-order valence-electron chi connectivity index (χ2n) is 5.30. The highest BCUT2D eigenvalue weighted by Gasteiger charge is 1.99. The number of aryl methyl sites for hydroxylation is 1. The monoisotopic (exact) mass is 253 g/mol. The summed E-state index contributed by atoms with van der Waals surface area (Å²) in [4.78, 5) is 0. The molecule has 0 aliphatic heterocycles. The van der Waals surface area contributed by atoms with E-state index in [1.165, 1.54) is 22.4 Å². The first kappa shape index (κ1) is 13.7. The Kier molecular flexibility index (Phi) is 4.62. The molecule has 19 heavy (non-hydrogen) atoms. The molecule has 0 saturated carbocycles. The van der Waals surface area contributed by atoms with Gasteiger partial charge in [-0.15, -0.1) is 0 Å². The minimum absolute atomic E-state index is 0.600. The van der Waals surface area contributed by atoms with E-state index in [9.17, 15) is 0 Å². The van der Waals surface area contributed by atoms with E-state index in [2.05, 4.69) is 74.6 Å². The van der Waals surface area contributed by atoms with E-state index in [-0.39, 0.29) is 0 Å². The lowest BCUT2D eigenvalue weighted by Crippen LogP contribution is -2.00. The fourth-order valence-corrected chi connectivity index (χ4v) is 2.13. The first-order chi connectivity index (χ1) is 9.19. The number of hydrogen-bond acceptors (Lipinski definition) is 1. The quantitative estimate of drug-likeness (QED) is 0.792. The molecular formula is C18H23N. The molecule has 100 valence electrons. The van der Waals surface area contributed by atoms with E-state index < -0.39 is 0 Å². The van der Waals surface area contributed by atoms with E-state index in [1.54, 1.807) is 0 Å². The first-order valence-corrected chi connectivity index (χ1v) is 7.10. The zero-order chi connectivity index (χ0) is 13.7. The van der Waals surface area contributed by atoms with Gasteiger partial charge in [0.1, 0.15) is 0 Å². The van der Waals surface area contributed by atoms with Crippen molar-refractivity contribution in [3.8, 4) is 0 Å². The summed E-state index contributed by atoms with van der Waals surface area (Å²) in [6.07, 6.45) is 1.08. The van der Waals surface area contributed by atoms with Crippen molar-refractivity contribution >= 4 is 5.69 Å². The highest BCUT2D eigenvalue weighted by molar-refractivity contribution is 5.46. The summed E-state index contributed by atoms with van der Waals surface area (Å²) >= 11 is 0. The van der Waals surface area contributed by atoms with Gasteiger partial charge in [0, 0.05) is 12.2 Å². The average Bonchev–Trinajstić information content (AvgIpc) is 2.46. The highest BCUT2D eigenvalue weighted by atomic mass is 14.9. The number of rotatable bonds is 5. The van der Waals surface area contributed by atoms with Crippen LogP contribution >= 0.6 is 0 Å². The summed E-state index contributed by atoms with van der Waals surface area (Å²) in [6, 6.07) is 17.5. The molecule has 1 nitrogen and oxygen atoms in total. The van der Waals surface area contributed by atoms with Gasteiger partial charge in [0.25, 0.3) is 0 Å². The molecule has 2 aromatic rings. The number of hydrogen-bond donors (Lipinski definition) is 1. The zero-order valence-electron chi connectivity index (χ0n) is 12.1. The van der Waals surface area contributed by atoms with Crippen LogP contribution in [0.5, 0.6) is 0 Å². The topological polar surface area (TPSA) is 12.0 Å². The van der Waals surface area contributed by atoms with Gasteiger partial charge in [-0.3, -0.25) is 0 Å². The Morgan fingerprint density at radius 3 is 2.32 bits per heavy atom. The van der Waals surface area contributed by atoms with E-state index in [4.69, 9.17) is 0 Å². The Morgan fingerprint density at radius 2 is 1.68 bits per heavy atom. The van der Waals surface area contributed by atoms with Crippen LogP contribution in [0.25, 0.3) is 0 Å². The van der Waals surface area contributed by atoms with Crippen molar-refractivity contribution in [1.29, 1.82) is 0 Å². The third-order valence-electron chi connectivity index (χ3n) is 3.48. The summed E-state index contributed by atoms with van der Waals surface area (Å²) in [6.45, 7) is 7.52. The number of nitrogens with one attached hydrogen (secondary N) is 1. The molecule has 0 aliphatic rings. The third-order valence-corrected chi connectivity index (χ3v) is 3.48. The van der Waals surface area contributed by atoms with E-state index in [0.29, 0.717) is 5.92 Å². The van der Waals surface area contributed by atoms with Gasteiger partial charge in [-0.25, -0.2) is 0 Å². The highest BCUT2D eigenvalue weighted by Crippen LogP contribution is 2.16. The number of benzene rings is 2. The van der Waals surface area contributed by atoms with Crippen molar-refractivity contribution in [2.45, 2.75) is 39.7 Å². The molecule has 2 rings (SSSR count). The lowest BCUT2D eigenvalue weighted by Gasteiger charge is -2.10. The Morgan fingerprint density at radius 1 is 0.947 bits per heavy atom. The molecule has 0 heterocycles. The molecule has 1 N–H and O–H groups in total. The molecule has 0 unspecified atom stereocenters. The maximum Gasteiger partial charge on any atom is 0.0400 e.